The maximum atomic E-state index is 11.7. The number of unbranched alkanes of at least 4 members (excludes halogenated alkanes) is 12. The standard InChI is InChI=1S/C21H40O4.Na.H/c1-3-5-7-9-11-13-15-17-21(19(22)23,20(24)25)18-16-14-12-10-8-6-4-2;;/h3-18H2,1-2H3,(H,22,23)(H,24,25);;. The van der Waals surface area contributed by atoms with Crippen LogP contribution in [0.2, 0.25) is 0 Å². The van der Waals surface area contributed by atoms with E-state index < -0.39 is 17.4 Å². The number of carbonyl (C=O) groups is 2. The Hall–Kier alpha value is -0.0600. The molecule has 0 spiro atoms. The Morgan fingerprint density at radius 2 is 0.846 bits per heavy atom. The molecular formula is C21H41NaO4. The number of carboxylic acids is 2. The second kappa shape index (κ2) is 18.3. The third kappa shape index (κ3) is 12.3. The van der Waals surface area contributed by atoms with Gasteiger partial charge in [-0.2, -0.15) is 0 Å². The summed E-state index contributed by atoms with van der Waals surface area (Å²) in [7, 11) is 0. The summed E-state index contributed by atoms with van der Waals surface area (Å²) < 4.78 is 0. The fourth-order valence-corrected chi connectivity index (χ4v) is 3.41. The summed E-state index contributed by atoms with van der Waals surface area (Å²) in [5.74, 6) is -2.31. The minimum atomic E-state index is -1.58. The molecule has 0 bridgehead atoms. The van der Waals surface area contributed by atoms with Crippen LogP contribution in [-0.2, 0) is 9.59 Å². The van der Waals surface area contributed by atoms with Crippen LogP contribution >= 0.6 is 0 Å². The van der Waals surface area contributed by atoms with Gasteiger partial charge in [0, 0.05) is 0 Å². The molecule has 0 radical (unpaired) electrons. The Morgan fingerprint density at radius 1 is 0.577 bits per heavy atom. The molecule has 0 saturated heterocycles. The fraction of sp³-hybridized carbons (Fsp3) is 0.905. The van der Waals surface area contributed by atoms with Crippen molar-refractivity contribution in [3.05, 3.63) is 0 Å². The van der Waals surface area contributed by atoms with Crippen LogP contribution in [0.5, 0.6) is 0 Å². The minimum absolute atomic E-state index is 0. The van der Waals surface area contributed by atoms with Gasteiger partial charge in [-0.05, 0) is 12.8 Å². The Kier molecular flexibility index (Phi) is 19.8. The molecule has 0 amide bonds. The summed E-state index contributed by atoms with van der Waals surface area (Å²) in [4.78, 5) is 23.4. The molecule has 0 aromatic heterocycles. The van der Waals surface area contributed by atoms with Crippen molar-refractivity contribution >= 4 is 41.5 Å². The van der Waals surface area contributed by atoms with Gasteiger partial charge in [-0.15, -0.1) is 0 Å². The van der Waals surface area contributed by atoms with E-state index in [1.54, 1.807) is 0 Å². The molecule has 0 saturated carbocycles. The topological polar surface area (TPSA) is 74.6 Å². The molecule has 2 N–H and O–H groups in total. The quantitative estimate of drug-likeness (QED) is 0.180. The predicted molar refractivity (Wildman–Crippen MR) is 110 cm³/mol. The van der Waals surface area contributed by atoms with E-state index in [9.17, 15) is 19.8 Å². The second-order valence-corrected chi connectivity index (χ2v) is 7.44. The van der Waals surface area contributed by atoms with Crippen LogP contribution in [0.1, 0.15) is 117 Å². The monoisotopic (exact) mass is 380 g/mol. The van der Waals surface area contributed by atoms with E-state index in [0.717, 1.165) is 25.7 Å². The van der Waals surface area contributed by atoms with Gasteiger partial charge in [0.2, 0.25) is 0 Å². The Labute approximate surface area is 182 Å². The summed E-state index contributed by atoms with van der Waals surface area (Å²) >= 11 is 0. The first-order valence-corrected chi connectivity index (χ1v) is 10.5. The normalized spacial score (nSPS) is 11.2. The fourth-order valence-electron chi connectivity index (χ4n) is 3.41. The number of carboxylic acid groups (broad SMARTS) is 2. The number of aliphatic carboxylic acids is 2. The molecule has 0 aliphatic heterocycles. The van der Waals surface area contributed by atoms with Crippen LogP contribution < -0.4 is 0 Å². The van der Waals surface area contributed by atoms with Gasteiger partial charge in [0.1, 0.15) is 0 Å². The third-order valence-electron chi connectivity index (χ3n) is 5.23. The molecule has 0 aromatic rings. The van der Waals surface area contributed by atoms with E-state index >= 15 is 0 Å². The van der Waals surface area contributed by atoms with Crippen molar-refractivity contribution in [2.24, 2.45) is 5.41 Å². The van der Waals surface area contributed by atoms with Gasteiger partial charge in [-0.1, -0.05) is 104 Å². The van der Waals surface area contributed by atoms with Crippen molar-refractivity contribution in [1.29, 1.82) is 0 Å². The average molecular weight is 381 g/mol. The van der Waals surface area contributed by atoms with E-state index in [4.69, 9.17) is 0 Å². The first-order chi connectivity index (χ1) is 12.0. The van der Waals surface area contributed by atoms with Crippen molar-refractivity contribution in [1.82, 2.24) is 0 Å². The summed E-state index contributed by atoms with van der Waals surface area (Å²) in [6.45, 7) is 4.36. The molecule has 0 unspecified atom stereocenters. The molecule has 0 aliphatic carbocycles. The van der Waals surface area contributed by atoms with Crippen LogP contribution in [0.3, 0.4) is 0 Å². The Morgan fingerprint density at radius 3 is 1.12 bits per heavy atom. The van der Waals surface area contributed by atoms with Gasteiger partial charge in [-0.3, -0.25) is 9.59 Å². The first kappa shape index (κ1) is 28.2. The van der Waals surface area contributed by atoms with E-state index in [1.807, 2.05) is 0 Å². The molecule has 150 valence electrons. The third-order valence-corrected chi connectivity index (χ3v) is 5.23. The first-order valence-electron chi connectivity index (χ1n) is 10.5. The summed E-state index contributed by atoms with van der Waals surface area (Å²) in [5, 5.41) is 19.1. The van der Waals surface area contributed by atoms with Crippen LogP contribution in [-0.4, -0.2) is 51.7 Å². The summed E-state index contributed by atoms with van der Waals surface area (Å²) in [6, 6.07) is 0. The molecule has 0 atom stereocenters. The molecule has 0 heterocycles. The van der Waals surface area contributed by atoms with Gasteiger partial charge in [0.15, 0.2) is 5.41 Å². The zero-order valence-electron chi connectivity index (χ0n) is 16.5. The Balaban J connectivity index is 0. The van der Waals surface area contributed by atoms with Crippen LogP contribution in [0.4, 0.5) is 0 Å². The average Bonchev–Trinajstić information content (AvgIpc) is 2.57. The van der Waals surface area contributed by atoms with Gasteiger partial charge >= 0.3 is 41.5 Å². The summed E-state index contributed by atoms with van der Waals surface area (Å²) in [6.07, 6.45) is 15.6. The molecule has 0 aromatic carbocycles. The van der Waals surface area contributed by atoms with E-state index in [0.29, 0.717) is 12.8 Å². The summed E-state index contributed by atoms with van der Waals surface area (Å²) in [5.41, 5.74) is -1.58. The van der Waals surface area contributed by atoms with Crippen LogP contribution in [0.25, 0.3) is 0 Å². The van der Waals surface area contributed by atoms with Crippen LogP contribution in [0.15, 0.2) is 0 Å². The van der Waals surface area contributed by atoms with E-state index in [1.165, 1.54) is 51.4 Å². The number of hydrogen-bond donors (Lipinski definition) is 2. The number of rotatable bonds is 18. The maximum absolute atomic E-state index is 11.7. The Bertz CT molecular complexity index is 324. The molecule has 0 fully saturated rings. The van der Waals surface area contributed by atoms with Crippen molar-refractivity contribution in [2.45, 2.75) is 117 Å². The molecule has 0 aliphatic rings. The van der Waals surface area contributed by atoms with Crippen LogP contribution in [0, 0.1) is 5.41 Å². The number of hydrogen-bond acceptors (Lipinski definition) is 2. The van der Waals surface area contributed by atoms with Crippen molar-refractivity contribution < 1.29 is 19.8 Å². The molecule has 0 rings (SSSR count). The van der Waals surface area contributed by atoms with Gasteiger partial charge in [0.25, 0.3) is 0 Å². The van der Waals surface area contributed by atoms with Gasteiger partial charge < -0.3 is 10.2 Å². The van der Waals surface area contributed by atoms with E-state index in [-0.39, 0.29) is 42.4 Å². The zero-order valence-corrected chi connectivity index (χ0v) is 16.5. The van der Waals surface area contributed by atoms with Crippen molar-refractivity contribution in [3.63, 3.8) is 0 Å². The zero-order chi connectivity index (χ0) is 19.0. The van der Waals surface area contributed by atoms with Crippen molar-refractivity contribution in [2.75, 3.05) is 0 Å². The second-order valence-electron chi connectivity index (χ2n) is 7.44. The SMILES string of the molecule is CCCCCCCCCC(CCCCCCCCC)(C(=O)O)C(=O)O.[NaH]. The van der Waals surface area contributed by atoms with Gasteiger partial charge in [-0.25, -0.2) is 0 Å². The van der Waals surface area contributed by atoms with Gasteiger partial charge in [0.05, 0.1) is 0 Å². The molecule has 4 nitrogen and oxygen atoms in total. The molecule has 26 heavy (non-hydrogen) atoms. The van der Waals surface area contributed by atoms with Crippen molar-refractivity contribution in [3.8, 4) is 0 Å². The van der Waals surface area contributed by atoms with E-state index in [2.05, 4.69) is 13.8 Å². The predicted octanol–water partition coefficient (Wildman–Crippen LogP) is 5.77. The molecule has 5 heteroatoms. The molecular weight excluding hydrogens is 339 g/mol.